The molecule has 1 rings (SSSR count). The zero-order valence-corrected chi connectivity index (χ0v) is 7.65. The number of carbonyl (C=O) groups excluding carboxylic acids is 1. The van der Waals surface area contributed by atoms with Gasteiger partial charge in [0.2, 0.25) is 0 Å². The number of pyridine rings is 1. The summed E-state index contributed by atoms with van der Waals surface area (Å²) in [5.74, 6) is -0.442. The number of ether oxygens (including phenoxy) is 1. The summed E-state index contributed by atoms with van der Waals surface area (Å²) >= 11 is 0. The lowest BCUT2D eigenvalue weighted by Crippen LogP contribution is -2.11. The lowest BCUT2D eigenvalue weighted by atomic mass is 10.2. The van der Waals surface area contributed by atoms with Gasteiger partial charge in [0.15, 0.2) is 0 Å². The van der Waals surface area contributed by atoms with Crippen molar-refractivity contribution in [3.8, 4) is 0 Å². The van der Waals surface area contributed by atoms with E-state index in [4.69, 9.17) is 5.73 Å². The molecular formula is C9H12N2O2. The molecule has 0 aliphatic carbocycles. The van der Waals surface area contributed by atoms with E-state index in [0.717, 1.165) is 0 Å². The normalized spacial score (nSPS) is 12.2. The van der Waals surface area contributed by atoms with Crippen LogP contribution in [0.4, 0.5) is 0 Å². The van der Waals surface area contributed by atoms with Gasteiger partial charge in [-0.3, -0.25) is 0 Å². The monoisotopic (exact) mass is 180 g/mol. The third-order valence-corrected chi connectivity index (χ3v) is 1.63. The molecule has 0 amide bonds. The quantitative estimate of drug-likeness (QED) is 0.686. The first kappa shape index (κ1) is 9.67. The fraction of sp³-hybridized carbons (Fsp3) is 0.333. The highest BCUT2D eigenvalue weighted by Gasteiger charge is 2.08. The SMILES string of the molecule is COC(=O)c1cccc([C@@H](C)N)n1. The molecule has 4 nitrogen and oxygen atoms in total. The average molecular weight is 180 g/mol. The van der Waals surface area contributed by atoms with Crippen LogP contribution in [0.2, 0.25) is 0 Å². The molecular weight excluding hydrogens is 168 g/mol. The summed E-state index contributed by atoms with van der Waals surface area (Å²) in [4.78, 5) is 15.1. The van der Waals surface area contributed by atoms with E-state index in [0.29, 0.717) is 5.69 Å². The van der Waals surface area contributed by atoms with Crippen LogP contribution in [0.15, 0.2) is 18.2 Å². The van der Waals surface area contributed by atoms with Crippen molar-refractivity contribution in [2.24, 2.45) is 5.73 Å². The van der Waals surface area contributed by atoms with Crippen LogP contribution in [-0.2, 0) is 4.74 Å². The van der Waals surface area contributed by atoms with Crippen molar-refractivity contribution in [3.05, 3.63) is 29.6 Å². The van der Waals surface area contributed by atoms with E-state index in [1.54, 1.807) is 18.2 Å². The Kier molecular flexibility index (Phi) is 2.97. The van der Waals surface area contributed by atoms with E-state index in [2.05, 4.69) is 9.72 Å². The topological polar surface area (TPSA) is 65.2 Å². The summed E-state index contributed by atoms with van der Waals surface area (Å²) in [5.41, 5.74) is 6.58. The molecule has 0 saturated carbocycles. The van der Waals surface area contributed by atoms with Crippen molar-refractivity contribution in [1.82, 2.24) is 4.98 Å². The molecule has 1 aromatic heterocycles. The van der Waals surface area contributed by atoms with Crippen LogP contribution in [0.25, 0.3) is 0 Å². The smallest absolute Gasteiger partial charge is 0.356 e. The van der Waals surface area contributed by atoms with E-state index < -0.39 is 5.97 Å². The third kappa shape index (κ3) is 2.26. The first-order chi connectivity index (χ1) is 6.15. The molecule has 0 aromatic carbocycles. The highest BCUT2D eigenvalue weighted by molar-refractivity contribution is 5.87. The molecule has 0 fully saturated rings. The Bertz CT molecular complexity index is 310. The van der Waals surface area contributed by atoms with Gasteiger partial charge in [-0.15, -0.1) is 0 Å². The Labute approximate surface area is 76.7 Å². The fourth-order valence-electron chi connectivity index (χ4n) is 0.923. The third-order valence-electron chi connectivity index (χ3n) is 1.63. The summed E-state index contributed by atoms with van der Waals surface area (Å²) in [7, 11) is 1.32. The molecule has 1 atom stereocenters. The lowest BCUT2D eigenvalue weighted by Gasteiger charge is -2.05. The molecule has 0 spiro atoms. The van der Waals surface area contributed by atoms with Crippen molar-refractivity contribution < 1.29 is 9.53 Å². The number of carbonyl (C=O) groups is 1. The summed E-state index contributed by atoms with van der Waals surface area (Å²) in [6.07, 6.45) is 0. The second-order valence-corrected chi connectivity index (χ2v) is 2.73. The zero-order chi connectivity index (χ0) is 9.84. The molecule has 0 radical (unpaired) electrons. The van der Waals surface area contributed by atoms with Gasteiger partial charge < -0.3 is 10.5 Å². The molecule has 70 valence electrons. The number of esters is 1. The number of rotatable bonds is 2. The van der Waals surface area contributed by atoms with Gasteiger partial charge in [-0.25, -0.2) is 9.78 Å². The summed E-state index contributed by atoms with van der Waals surface area (Å²) in [6, 6.07) is 4.93. The standard InChI is InChI=1S/C9H12N2O2/c1-6(10)7-4-3-5-8(11-7)9(12)13-2/h3-6H,10H2,1-2H3/t6-/m1/s1. The van der Waals surface area contributed by atoms with Crippen molar-refractivity contribution >= 4 is 5.97 Å². The number of hydrogen-bond acceptors (Lipinski definition) is 4. The van der Waals surface area contributed by atoms with Gasteiger partial charge in [-0.1, -0.05) is 6.07 Å². The molecule has 0 saturated heterocycles. The minimum atomic E-state index is -0.442. The van der Waals surface area contributed by atoms with Crippen molar-refractivity contribution in [2.75, 3.05) is 7.11 Å². The minimum Gasteiger partial charge on any atom is -0.464 e. The minimum absolute atomic E-state index is 0.176. The zero-order valence-electron chi connectivity index (χ0n) is 7.65. The van der Waals surface area contributed by atoms with Crippen LogP contribution in [0.5, 0.6) is 0 Å². The predicted molar refractivity (Wildman–Crippen MR) is 48.2 cm³/mol. The molecule has 1 heterocycles. The second-order valence-electron chi connectivity index (χ2n) is 2.73. The Morgan fingerprint density at radius 3 is 2.85 bits per heavy atom. The largest absolute Gasteiger partial charge is 0.464 e. The van der Waals surface area contributed by atoms with Gasteiger partial charge in [0.25, 0.3) is 0 Å². The number of hydrogen-bond donors (Lipinski definition) is 1. The molecule has 0 aliphatic rings. The van der Waals surface area contributed by atoms with Crippen LogP contribution in [0.1, 0.15) is 29.1 Å². The maximum atomic E-state index is 11.1. The average Bonchev–Trinajstić information content (AvgIpc) is 2.17. The van der Waals surface area contributed by atoms with Gasteiger partial charge >= 0.3 is 5.97 Å². The molecule has 0 unspecified atom stereocenters. The van der Waals surface area contributed by atoms with E-state index in [1.165, 1.54) is 7.11 Å². The van der Waals surface area contributed by atoms with E-state index in [1.807, 2.05) is 6.92 Å². The molecule has 13 heavy (non-hydrogen) atoms. The van der Waals surface area contributed by atoms with E-state index in [9.17, 15) is 4.79 Å². The van der Waals surface area contributed by atoms with Crippen LogP contribution in [0, 0.1) is 0 Å². The van der Waals surface area contributed by atoms with E-state index in [-0.39, 0.29) is 11.7 Å². The Morgan fingerprint density at radius 1 is 1.62 bits per heavy atom. The van der Waals surface area contributed by atoms with Gasteiger partial charge in [0.1, 0.15) is 5.69 Å². The maximum Gasteiger partial charge on any atom is 0.356 e. The Balaban J connectivity index is 2.98. The van der Waals surface area contributed by atoms with Gasteiger partial charge in [-0.05, 0) is 19.1 Å². The van der Waals surface area contributed by atoms with Gasteiger partial charge in [0.05, 0.1) is 12.8 Å². The van der Waals surface area contributed by atoms with Crippen molar-refractivity contribution in [2.45, 2.75) is 13.0 Å². The molecule has 2 N–H and O–H groups in total. The van der Waals surface area contributed by atoms with Gasteiger partial charge in [0, 0.05) is 6.04 Å². The molecule has 0 aliphatic heterocycles. The van der Waals surface area contributed by atoms with Crippen LogP contribution >= 0.6 is 0 Å². The summed E-state index contributed by atoms with van der Waals surface area (Å²) in [5, 5.41) is 0. The Hall–Kier alpha value is -1.42. The highest BCUT2D eigenvalue weighted by Crippen LogP contribution is 2.07. The summed E-state index contributed by atoms with van der Waals surface area (Å²) < 4.78 is 4.53. The summed E-state index contributed by atoms with van der Waals surface area (Å²) in [6.45, 7) is 1.81. The second kappa shape index (κ2) is 4.00. The molecule has 4 heteroatoms. The van der Waals surface area contributed by atoms with Crippen molar-refractivity contribution in [3.63, 3.8) is 0 Å². The van der Waals surface area contributed by atoms with E-state index >= 15 is 0 Å². The van der Waals surface area contributed by atoms with Crippen LogP contribution in [0.3, 0.4) is 0 Å². The van der Waals surface area contributed by atoms with Crippen LogP contribution in [-0.4, -0.2) is 18.1 Å². The maximum absolute atomic E-state index is 11.1. The number of aromatic nitrogens is 1. The molecule has 1 aromatic rings. The van der Waals surface area contributed by atoms with Gasteiger partial charge in [-0.2, -0.15) is 0 Å². The lowest BCUT2D eigenvalue weighted by molar-refractivity contribution is 0.0593. The van der Waals surface area contributed by atoms with Crippen molar-refractivity contribution in [1.29, 1.82) is 0 Å². The molecule has 0 bridgehead atoms. The number of methoxy groups -OCH3 is 1. The van der Waals surface area contributed by atoms with Crippen LogP contribution < -0.4 is 5.73 Å². The predicted octanol–water partition coefficient (Wildman–Crippen LogP) is 0.888. The number of nitrogens with two attached hydrogens (primary N) is 1. The Morgan fingerprint density at radius 2 is 2.31 bits per heavy atom. The fourth-order valence-corrected chi connectivity index (χ4v) is 0.923. The first-order valence-electron chi connectivity index (χ1n) is 3.96. The number of nitrogens with zero attached hydrogens (tertiary/aromatic N) is 1. The first-order valence-corrected chi connectivity index (χ1v) is 3.96. The highest BCUT2D eigenvalue weighted by atomic mass is 16.5.